The molecule has 0 spiro atoms. The molecule has 170 valence electrons. The van der Waals surface area contributed by atoms with Gasteiger partial charge in [0.1, 0.15) is 6.07 Å². The molecular weight excluding hydrogens is 432 g/mol. The summed E-state index contributed by atoms with van der Waals surface area (Å²) >= 11 is 0. The van der Waals surface area contributed by atoms with Crippen LogP contribution in [0.5, 0.6) is 6.01 Å². The first kappa shape index (κ1) is 22.5. The monoisotopic (exact) mass is 454 g/mol. The molecular formula is C25H22N6O3. The topological polar surface area (TPSA) is 147 Å². The number of aromatic amines is 1. The van der Waals surface area contributed by atoms with Crippen LogP contribution in [-0.2, 0) is 11.2 Å². The van der Waals surface area contributed by atoms with Crippen LogP contribution in [0, 0.1) is 11.3 Å². The average Bonchev–Trinajstić information content (AvgIpc) is 3.26. The second-order valence-electron chi connectivity index (χ2n) is 7.66. The quantitative estimate of drug-likeness (QED) is 0.373. The summed E-state index contributed by atoms with van der Waals surface area (Å²) in [6.45, 7) is 1.98. The number of nitrogens with one attached hydrogen (secondary N) is 2. The van der Waals surface area contributed by atoms with Crippen LogP contribution in [0.15, 0.2) is 60.9 Å². The molecule has 0 radical (unpaired) electrons. The summed E-state index contributed by atoms with van der Waals surface area (Å²) in [6.07, 6.45) is 3.01. The smallest absolute Gasteiger partial charge is 0.317 e. The minimum absolute atomic E-state index is 0.0466. The minimum atomic E-state index is -0.848. The maximum atomic E-state index is 12.5. The van der Waals surface area contributed by atoms with Gasteiger partial charge in [-0.3, -0.25) is 9.59 Å². The number of ether oxygens (including phenoxy) is 1. The lowest BCUT2D eigenvalue weighted by Gasteiger charge is -2.10. The van der Waals surface area contributed by atoms with Gasteiger partial charge in [0.2, 0.25) is 0 Å². The fourth-order valence-electron chi connectivity index (χ4n) is 3.41. The van der Waals surface area contributed by atoms with Gasteiger partial charge >= 0.3 is 6.01 Å². The number of aromatic nitrogens is 3. The summed E-state index contributed by atoms with van der Waals surface area (Å²) in [4.78, 5) is 35.1. The highest BCUT2D eigenvalue weighted by Crippen LogP contribution is 2.21. The van der Waals surface area contributed by atoms with Crippen molar-refractivity contribution in [2.24, 2.45) is 5.73 Å². The Balaban J connectivity index is 1.36. The van der Waals surface area contributed by atoms with Crippen molar-refractivity contribution in [1.29, 1.82) is 5.26 Å². The largest absolute Gasteiger partial charge is 0.450 e. The molecule has 2 aromatic carbocycles. The number of benzene rings is 2. The molecule has 0 saturated carbocycles. The molecule has 1 atom stereocenters. The lowest BCUT2D eigenvalue weighted by Crippen LogP contribution is -2.31. The molecule has 0 saturated heterocycles. The van der Waals surface area contributed by atoms with Crippen LogP contribution in [0.2, 0.25) is 0 Å². The SMILES string of the molecule is CC(Oc1nccc(-c2ccc(C(=O)NCCc3ccc4[nH]cc(C#N)c4c3)cc2)n1)C(N)=O. The number of carbonyl (C=O) groups is 2. The third-order valence-corrected chi connectivity index (χ3v) is 5.33. The lowest BCUT2D eigenvalue weighted by molar-refractivity contribution is -0.124. The van der Waals surface area contributed by atoms with E-state index in [-0.39, 0.29) is 11.9 Å². The van der Waals surface area contributed by atoms with Crippen LogP contribution < -0.4 is 15.8 Å². The Bertz CT molecular complexity index is 1390. The van der Waals surface area contributed by atoms with Gasteiger partial charge in [0.15, 0.2) is 6.10 Å². The van der Waals surface area contributed by atoms with Crippen molar-refractivity contribution in [3.8, 4) is 23.3 Å². The Morgan fingerprint density at radius 2 is 2.00 bits per heavy atom. The third-order valence-electron chi connectivity index (χ3n) is 5.33. The zero-order chi connectivity index (χ0) is 24.1. The van der Waals surface area contributed by atoms with Gasteiger partial charge in [0, 0.05) is 41.0 Å². The summed E-state index contributed by atoms with van der Waals surface area (Å²) < 4.78 is 5.33. The molecule has 0 aliphatic carbocycles. The van der Waals surface area contributed by atoms with E-state index >= 15 is 0 Å². The second kappa shape index (κ2) is 9.83. The van der Waals surface area contributed by atoms with Crippen molar-refractivity contribution in [3.63, 3.8) is 0 Å². The molecule has 34 heavy (non-hydrogen) atoms. The number of amides is 2. The Morgan fingerprint density at radius 3 is 2.74 bits per heavy atom. The molecule has 9 nitrogen and oxygen atoms in total. The molecule has 9 heteroatoms. The Kier molecular flexibility index (Phi) is 6.50. The van der Waals surface area contributed by atoms with Crippen LogP contribution in [-0.4, -0.2) is 39.4 Å². The maximum absolute atomic E-state index is 12.5. The van der Waals surface area contributed by atoms with E-state index in [1.54, 1.807) is 36.5 Å². The van der Waals surface area contributed by atoms with E-state index in [2.05, 4.69) is 26.3 Å². The van der Waals surface area contributed by atoms with Crippen LogP contribution in [0.25, 0.3) is 22.2 Å². The lowest BCUT2D eigenvalue weighted by atomic mass is 10.1. The van der Waals surface area contributed by atoms with Crippen molar-refractivity contribution in [2.75, 3.05) is 6.54 Å². The van der Waals surface area contributed by atoms with Gasteiger partial charge in [-0.15, -0.1) is 0 Å². The van der Waals surface area contributed by atoms with Gasteiger partial charge in [-0.2, -0.15) is 10.2 Å². The maximum Gasteiger partial charge on any atom is 0.317 e. The van der Waals surface area contributed by atoms with Crippen molar-refractivity contribution < 1.29 is 14.3 Å². The summed E-state index contributed by atoms with van der Waals surface area (Å²) in [5, 5.41) is 13.0. The van der Waals surface area contributed by atoms with Crippen molar-refractivity contribution in [1.82, 2.24) is 20.3 Å². The van der Waals surface area contributed by atoms with E-state index in [4.69, 9.17) is 10.5 Å². The predicted molar refractivity (Wildman–Crippen MR) is 126 cm³/mol. The first-order valence-electron chi connectivity index (χ1n) is 10.6. The summed E-state index contributed by atoms with van der Waals surface area (Å²) in [7, 11) is 0. The predicted octanol–water partition coefficient (Wildman–Crippen LogP) is 2.72. The van der Waals surface area contributed by atoms with E-state index in [9.17, 15) is 14.9 Å². The zero-order valence-corrected chi connectivity index (χ0v) is 18.4. The molecule has 2 aromatic heterocycles. The highest BCUT2D eigenvalue weighted by atomic mass is 16.5. The van der Waals surface area contributed by atoms with Gasteiger partial charge in [-0.25, -0.2) is 4.98 Å². The summed E-state index contributed by atoms with van der Waals surface area (Å²) in [5.41, 5.74) is 9.63. The molecule has 4 rings (SSSR count). The van der Waals surface area contributed by atoms with E-state index in [0.717, 1.165) is 22.0 Å². The van der Waals surface area contributed by atoms with E-state index < -0.39 is 12.0 Å². The zero-order valence-electron chi connectivity index (χ0n) is 18.4. The third kappa shape index (κ3) is 5.02. The standard InChI is InChI=1S/C25H22N6O3/c1-15(23(27)32)34-25-29-11-9-21(31-25)17-3-5-18(6-4-17)24(33)28-10-8-16-2-7-22-20(12-16)19(13-26)14-30-22/h2-7,9,11-12,14-15,30H,8,10H2,1H3,(H2,27,32)(H,28,33). The summed E-state index contributed by atoms with van der Waals surface area (Å²) in [6, 6.07) is 16.8. The average molecular weight is 454 g/mol. The molecule has 0 bridgehead atoms. The first-order chi connectivity index (χ1) is 16.4. The molecule has 4 aromatic rings. The minimum Gasteiger partial charge on any atom is -0.450 e. The number of fused-ring (bicyclic) bond motifs is 1. The van der Waals surface area contributed by atoms with Crippen molar-refractivity contribution in [2.45, 2.75) is 19.4 Å². The molecule has 4 N–H and O–H groups in total. The van der Waals surface area contributed by atoms with Gasteiger partial charge < -0.3 is 20.8 Å². The highest BCUT2D eigenvalue weighted by Gasteiger charge is 2.13. The number of nitriles is 1. The van der Waals surface area contributed by atoms with Crippen LogP contribution in [0.1, 0.15) is 28.4 Å². The fraction of sp³-hybridized carbons (Fsp3) is 0.160. The molecule has 2 heterocycles. The molecule has 2 amide bonds. The number of H-pyrrole nitrogens is 1. The fourth-order valence-corrected chi connectivity index (χ4v) is 3.41. The number of primary amides is 1. The van der Waals surface area contributed by atoms with Crippen LogP contribution in [0.3, 0.4) is 0 Å². The van der Waals surface area contributed by atoms with Gasteiger partial charge in [-0.1, -0.05) is 18.2 Å². The molecule has 0 aliphatic heterocycles. The van der Waals surface area contributed by atoms with Crippen molar-refractivity contribution in [3.05, 3.63) is 77.6 Å². The Morgan fingerprint density at radius 1 is 1.21 bits per heavy atom. The normalized spacial score (nSPS) is 11.5. The number of hydrogen-bond donors (Lipinski definition) is 3. The van der Waals surface area contributed by atoms with E-state index in [1.807, 2.05) is 18.2 Å². The molecule has 0 fully saturated rings. The molecule has 0 aliphatic rings. The number of rotatable bonds is 8. The second-order valence-corrected chi connectivity index (χ2v) is 7.66. The van der Waals surface area contributed by atoms with E-state index in [0.29, 0.717) is 29.8 Å². The number of nitrogens with two attached hydrogens (primary N) is 1. The summed E-state index contributed by atoms with van der Waals surface area (Å²) in [5.74, 6) is -0.796. The highest BCUT2D eigenvalue weighted by molar-refractivity contribution is 5.94. The van der Waals surface area contributed by atoms with Crippen LogP contribution in [0.4, 0.5) is 0 Å². The van der Waals surface area contributed by atoms with Crippen molar-refractivity contribution >= 4 is 22.7 Å². The van der Waals surface area contributed by atoms with Gasteiger partial charge in [-0.05, 0) is 49.2 Å². The number of nitrogens with zero attached hydrogens (tertiary/aromatic N) is 3. The van der Waals surface area contributed by atoms with E-state index in [1.165, 1.54) is 13.1 Å². The Hall–Kier alpha value is -4.71. The Labute approximate surface area is 195 Å². The number of carbonyl (C=O) groups excluding carboxylic acids is 2. The molecule has 1 unspecified atom stereocenters. The first-order valence-corrected chi connectivity index (χ1v) is 10.6. The van der Waals surface area contributed by atoms with Gasteiger partial charge in [0.25, 0.3) is 11.8 Å². The number of hydrogen-bond acceptors (Lipinski definition) is 6. The van der Waals surface area contributed by atoms with Crippen LogP contribution >= 0.6 is 0 Å². The van der Waals surface area contributed by atoms with Gasteiger partial charge in [0.05, 0.1) is 11.3 Å².